The molecule has 0 bridgehead atoms. The van der Waals surface area contributed by atoms with Crippen LogP contribution in [0.2, 0.25) is 0 Å². The number of nitrogens with one attached hydrogen (secondary N) is 2. The van der Waals surface area contributed by atoms with Crippen molar-refractivity contribution in [3.8, 4) is 0 Å². The van der Waals surface area contributed by atoms with Crippen molar-refractivity contribution < 1.29 is 22.4 Å². The summed E-state index contributed by atoms with van der Waals surface area (Å²) in [7, 11) is -2.36. The van der Waals surface area contributed by atoms with Crippen LogP contribution in [0.25, 0.3) is 0 Å². The Hall–Kier alpha value is -2.78. The third-order valence-electron chi connectivity index (χ3n) is 4.26. The molecule has 2 aromatic rings. The molecule has 0 saturated carbocycles. The van der Waals surface area contributed by atoms with Gasteiger partial charge in [-0.25, -0.2) is 17.1 Å². The van der Waals surface area contributed by atoms with Crippen LogP contribution in [0.1, 0.15) is 37.0 Å². The smallest absolute Gasteiger partial charge is 0.253 e. The summed E-state index contributed by atoms with van der Waals surface area (Å²) in [6, 6.07) is 11.2. The Balaban J connectivity index is 1.93. The van der Waals surface area contributed by atoms with Gasteiger partial charge in [-0.2, -0.15) is 0 Å². The number of rotatable bonds is 9. The SMILES string of the molecule is CC(C)NC(=O)c1ccccc1NC(=O)CCCN(C)S(=O)(=O)c1ccc(F)cc1. The minimum atomic E-state index is -3.76. The van der Waals surface area contributed by atoms with Crippen LogP contribution in [-0.4, -0.2) is 44.2 Å². The topological polar surface area (TPSA) is 95.6 Å². The predicted molar refractivity (Wildman–Crippen MR) is 113 cm³/mol. The van der Waals surface area contributed by atoms with Crippen molar-refractivity contribution in [2.45, 2.75) is 37.6 Å². The zero-order valence-corrected chi connectivity index (χ0v) is 18.0. The Kier molecular flexibility index (Phi) is 8.08. The van der Waals surface area contributed by atoms with E-state index in [9.17, 15) is 22.4 Å². The van der Waals surface area contributed by atoms with Crippen molar-refractivity contribution in [2.75, 3.05) is 18.9 Å². The molecule has 0 aliphatic rings. The summed E-state index contributed by atoms with van der Waals surface area (Å²) >= 11 is 0. The monoisotopic (exact) mass is 435 g/mol. The zero-order chi connectivity index (χ0) is 22.3. The molecule has 0 saturated heterocycles. The van der Waals surface area contributed by atoms with E-state index in [0.717, 1.165) is 16.4 Å². The summed E-state index contributed by atoms with van der Waals surface area (Å²) in [5, 5.41) is 5.49. The third-order valence-corrected chi connectivity index (χ3v) is 6.14. The van der Waals surface area contributed by atoms with E-state index in [2.05, 4.69) is 10.6 Å². The average molecular weight is 436 g/mol. The van der Waals surface area contributed by atoms with Crippen LogP contribution in [0.3, 0.4) is 0 Å². The number of amides is 2. The minimum absolute atomic E-state index is 0.0130. The molecule has 162 valence electrons. The van der Waals surface area contributed by atoms with Crippen LogP contribution in [0.5, 0.6) is 0 Å². The maximum absolute atomic E-state index is 13.0. The number of halogens is 1. The molecule has 2 aromatic carbocycles. The Bertz CT molecular complexity index is 992. The third kappa shape index (κ3) is 6.36. The van der Waals surface area contributed by atoms with Crippen molar-refractivity contribution in [1.29, 1.82) is 0 Å². The maximum Gasteiger partial charge on any atom is 0.253 e. The molecule has 0 aromatic heterocycles. The summed E-state index contributed by atoms with van der Waals surface area (Å²) < 4.78 is 39.1. The van der Waals surface area contributed by atoms with Gasteiger partial charge in [0.15, 0.2) is 0 Å². The standard InChI is InChI=1S/C21H26FN3O4S/c1-15(2)23-21(27)18-7-4-5-8-19(18)24-20(26)9-6-14-25(3)30(28,29)17-12-10-16(22)11-13-17/h4-5,7-8,10-13,15H,6,9,14H2,1-3H3,(H,23,27)(H,24,26). The number of carbonyl (C=O) groups excluding carboxylic acids is 2. The maximum atomic E-state index is 13.0. The Morgan fingerprint density at radius 1 is 1.07 bits per heavy atom. The predicted octanol–water partition coefficient (Wildman–Crippen LogP) is 3.00. The molecular weight excluding hydrogens is 409 g/mol. The largest absolute Gasteiger partial charge is 0.350 e. The molecule has 9 heteroatoms. The summed E-state index contributed by atoms with van der Waals surface area (Å²) in [5.41, 5.74) is 0.753. The highest BCUT2D eigenvalue weighted by molar-refractivity contribution is 7.89. The van der Waals surface area contributed by atoms with E-state index in [-0.39, 0.29) is 42.1 Å². The highest BCUT2D eigenvalue weighted by atomic mass is 32.2. The van der Waals surface area contributed by atoms with Gasteiger partial charge in [-0.15, -0.1) is 0 Å². The van der Waals surface area contributed by atoms with Crippen molar-refractivity contribution in [1.82, 2.24) is 9.62 Å². The molecule has 0 atom stereocenters. The van der Waals surface area contributed by atoms with Crippen LogP contribution in [-0.2, 0) is 14.8 Å². The molecule has 7 nitrogen and oxygen atoms in total. The van der Waals surface area contributed by atoms with Gasteiger partial charge >= 0.3 is 0 Å². The average Bonchev–Trinajstić information content (AvgIpc) is 2.68. The molecule has 0 heterocycles. The molecule has 2 rings (SSSR count). The first-order valence-corrected chi connectivity index (χ1v) is 11.0. The van der Waals surface area contributed by atoms with Gasteiger partial charge < -0.3 is 10.6 Å². The molecule has 0 fully saturated rings. The molecule has 0 radical (unpaired) electrons. The van der Waals surface area contributed by atoms with E-state index < -0.39 is 15.8 Å². The van der Waals surface area contributed by atoms with Gasteiger partial charge in [-0.1, -0.05) is 12.1 Å². The second kappa shape index (κ2) is 10.3. The molecule has 2 amide bonds. The van der Waals surface area contributed by atoms with Crippen LogP contribution in [0.15, 0.2) is 53.4 Å². The number of carbonyl (C=O) groups is 2. The number of nitrogens with zero attached hydrogens (tertiary/aromatic N) is 1. The highest BCUT2D eigenvalue weighted by Gasteiger charge is 2.21. The first-order chi connectivity index (χ1) is 14.1. The van der Waals surface area contributed by atoms with Crippen molar-refractivity contribution in [3.05, 3.63) is 59.9 Å². The highest BCUT2D eigenvalue weighted by Crippen LogP contribution is 2.17. The lowest BCUT2D eigenvalue weighted by atomic mass is 10.1. The molecule has 2 N–H and O–H groups in total. The number of sulfonamides is 1. The molecule has 30 heavy (non-hydrogen) atoms. The fraction of sp³-hybridized carbons (Fsp3) is 0.333. The normalized spacial score (nSPS) is 11.5. The number of para-hydroxylation sites is 1. The van der Waals surface area contributed by atoms with Gasteiger partial charge in [0.1, 0.15) is 5.82 Å². The van der Waals surface area contributed by atoms with Gasteiger partial charge in [0.05, 0.1) is 16.1 Å². The van der Waals surface area contributed by atoms with Gasteiger partial charge in [0.25, 0.3) is 5.91 Å². The molecule has 0 unspecified atom stereocenters. The molecule has 0 spiro atoms. The Labute approximate surface area is 176 Å². The summed E-state index contributed by atoms with van der Waals surface area (Å²) in [4.78, 5) is 24.6. The number of anilines is 1. The first-order valence-electron chi connectivity index (χ1n) is 9.53. The van der Waals surface area contributed by atoms with Gasteiger partial charge in [0.2, 0.25) is 15.9 Å². The van der Waals surface area contributed by atoms with Crippen molar-refractivity contribution in [2.24, 2.45) is 0 Å². The van der Waals surface area contributed by atoms with Crippen LogP contribution < -0.4 is 10.6 Å². The Morgan fingerprint density at radius 2 is 1.70 bits per heavy atom. The zero-order valence-electron chi connectivity index (χ0n) is 17.2. The van der Waals surface area contributed by atoms with E-state index >= 15 is 0 Å². The van der Waals surface area contributed by atoms with Crippen LogP contribution in [0, 0.1) is 5.82 Å². The van der Waals surface area contributed by atoms with E-state index in [0.29, 0.717) is 11.3 Å². The van der Waals surface area contributed by atoms with Gasteiger partial charge in [-0.3, -0.25) is 9.59 Å². The van der Waals surface area contributed by atoms with Gasteiger partial charge in [0, 0.05) is 26.1 Å². The summed E-state index contributed by atoms with van der Waals surface area (Å²) in [5.74, 6) is -1.13. The quantitative estimate of drug-likeness (QED) is 0.633. The first kappa shape index (κ1) is 23.5. The molecular formula is C21H26FN3O4S. The number of benzene rings is 2. The van der Waals surface area contributed by atoms with Gasteiger partial charge in [-0.05, 0) is 56.7 Å². The van der Waals surface area contributed by atoms with E-state index in [1.54, 1.807) is 24.3 Å². The second-order valence-electron chi connectivity index (χ2n) is 7.11. The number of hydrogen-bond donors (Lipinski definition) is 2. The lowest BCUT2D eigenvalue weighted by Crippen LogP contribution is -2.31. The van der Waals surface area contributed by atoms with Crippen LogP contribution in [0.4, 0.5) is 10.1 Å². The fourth-order valence-electron chi connectivity index (χ4n) is 2.71. The van der Waals surface area contributed by atoms with Crippen molar-refractivity contribution >= 4 is 27.5 Å². The second-order valence-corrected chi connectivity index (χ2v) is 9.15. The van der Waals surface area contributed by atoms with E-state index in [1.807, 2.05) is 13.8 Å². The number of hydrogen-bond acceptors (Lipinski definition) is 4. The van der Waals surface area contributed by atoms with Crippen LogP contribution >= 0.6 is 0 Å². The summed E-state index contributed by atoms with van der Waals surface area (Å²) in [6.45, 7) is 3.80. The fourth-order valence-corrected chi connectivity index (χ4v) is 3.92. The molecule has 0 aliphatic heterocycles. The molecule has 0 aliphatic carbocycles. The Morgan fingerprint density at radius 3 is 2.33 bits per heavy atom. The lowest BCUT2D eigenvalue weighted by molar-refractivity contribution is -0.116. The van der Waals surface area contributed by atoms with Crippen molar-refractivity contribution in [3.63, 3.8) is 0 Å². The van der Waals surface area contributed by atoms with E-state index in [4.69, 9.17) is 0 Å². The lowest BCUT2D eigenvalue weighted by Gasteiger charge is -2.17. The minimum Gasteiger partial charge on any atom is -0.350 e. The summed E-state index contributed by atoms with van der Waals surface area (Å²) in [6.07, 6.45) is 0.354. The van der Waals surface area contributed by atoms with E-state index in [1.165, 1.54) is 19.2 Å².